The second-order valence-corrected chi connectivity index (χ2v) is 10.3. The molecule has 1 saturated carbocycles. The van der Waals surface area contributed by atoms with Crippen LogP contribution < -0.4 is 0 Å². The van der Waals surface area contributed by atoms with E-state index in [4.69, 9.17) is 20.2 Å². The number of hydrogen-bond donors (Lipinski definition) is 1. The third kappa shape index (κ3) is 3.79. The zero-order valence-corrected chi connectivity index (χ0v) is 19.0. The first-order valence-electron chi connectivity index (χ1n) is 11.4. The first-order valence-corrected chi connectivity index (χ1v) is 11.4. The number of amides is 1. The Morgan fingerprint density at radius 3 is 2.70 bits per heavy atom. The summed E-state index contributed by atoms with van der Waals surface area (Å²) in [6.07, 6.45) is 7.40. The fourth-order valence-corrected chi connectivity index (χ4v) is 5.11. The van der Waals surface area contributed by atoms with Gasteiger partial charge in [0, 0.05) is 25.0 Å². The van der Waals surface area contributed by atoms with Crippen molar-refractivity contribution in [1.82, 2.24) is 14.7 Å². The van der Waals surface area contributed by atoms with Crippen molar-refractivity contribution in [2.45, 2.75) is 84.8 Å². The molecule has 0 radical (unpaired) electrons. The number of nitrogens with zero attached hydrogens (tertiary/aromatic N) is 4. The first-order chi connectivity index (χ1) is 14.1. The second-order valence-electron chi connectivity index (χ2n) is 10.3. The number of fused-ring (bicyclic) bond motifs is 1. The number of aromatic nitrogens is 2. The molecule has 1 N–H and O–H groups in total. The molecule has 2 aliphatic heterocycles. The molecule has 1 aromatic heterocycles. The van der Waals surface area contributed by atoms with Gasteiger partial charge < -0.3 is 15.0 Å². The highest BCUT2D eigenvalue weighted by Gasteiger charge is 2.51. The summed E-state index contributed by atoms with van der Waals surface area (Å²) in [5.41, 5.74) is 2.32. The monoisotopic (exact) mass is 413 g/mol. The number of hydrogen-bond acceptors (Lipinski definition) is 5. The number of carbonyl (C=O) groups excluding carboxylic acids is 1. The maximum absolute atomic E-state index is 12.5. The van der Waals surface area contributed by atoms with Gasteiger partial charge in [0.15, 0.2) is 5.82 Å². The Morgan fingerprint density at radius 1 is 1.33 bits per heavy atom. The zero-order chi connectivity index (χ0) is 21.7. The highest BCUT2D eigenvalue weighted by Crippen LogP contribution is 2.55. The lowest BCUT2D eigenvalue weighted by Crippen LogP contribution is -2.43. The van der Waals surface area contributed by atoms with E-state index in [1.165, 1.54) is 0 Å². The molecule has 1 unspecified atom stereocenters. The number of carbonyl (C=O) groups is 1. The largest absolute Gasteiger partial charge is 0.444 e. The minimum atomic E-state index is -0.461. The van der Waals surface area contributed by atoms with E-state index in [2.05, 4.69) is 18.5 Å². The van der Waals surface area contributed by atoms with Crippen molar-refractivity contribution in [3.8, 4) is 0 Å². The molecule has 164 valence electrons. The van der Waals surface area contributed by atoms with Crippen molar-refractivity contribution in [2.75, 3.05) is 13.1 Å². The molecule has 4 rings (SSSR count). The molecule has 1 amide bonds. The average molecular weight is 414 g/mol. The maximum atomic E-state index is 12.5. The van der Waals surface area contributed by atoms with E-state index in [9.17, 15) is 4.79 Å². The first kappa shape index (κ1) is 21.1. The summed E-state index contributed by atoms with van der Waals surface area (Å²) in [6, 6.07) is 0.292. The van der Waals surface area contributed by atoms with Gasteiger partial charge in [-0.3, -0.25) is 0 Å². The van der Waals surface area contributed by atoms with Crippen molar-refractivity contribution < 1.29 is 9.53 Å². The van der Waals surface area contributed by atoms with Gasteiger partial charge in [-0.05, 0) is 70.6 Å². The van der Waals surface area contributed by atoms with Crippen LogP contribution in [0.25, 0.3) is 0 Å². The summed E-state index contributed by atoms with van der Waals surface area (Å²) in [6.45, 7) is 11.5. The van der Waals surface area contributed by atoms with Crippen LogP contribution >= 0.6 is 0 Å². The van der Waals surface area contributed by atoms with Gasteiger partial charge >= 0.3 is 6.09 Å². The Morgan fingerprint density at radius 2 is 2.07 bits per heavy atom. The summed E-state index contributed by atoms with van der Waals surface area (Å²) in [5.74, 6) is 1.20. The molecular formula is C23H35N5O2. The van der Waals surface area contributed by atoms with Crippen molar-refractivity contribution in [1.29, 1.82) is 5.41 Å². The highest BCUT2D eigenvalue weighted by atomic mass is 16.6. The Bertz CT molecular complexity index is 873. The quantitative estimate of drug-likeness (QED) is 0.764. The van der Waals surface area contributed by atoms with Crippen LogP contribution in [0.15, 0.2) is 4.99 Å². The third-order valence-corrected chi connectivity index (χ3v) is 6.77. The molecule has 7 heteroatoms. The molecule has 7 nitrogen and oxygen atoms in total. The van der Waals surface area contributed by atoms with Crippen molar-refractivity contribution >= 4 is 23.8 Å². The fourth-order valence-electron chi connectivity index (χ4n) is 5.11. The number of aliphatic imine (C=N–C) groups is 1. The Labute approximate surface area is 179 Å². The summed E-state index contributed by atoms with van der Waals surface area (Å²) in [5, 5.41) is 13.5. The number of ether oxygens (including phenoxy) is 1. The van der Waals surface area contributed by atoms with Crippen molar-refractivity contribution in [3.05, 3.63) is 11.3 Å². The van der Waals surface area contributed by atoms with Gasteiger partial charge in [-0.1, -0.05) is 13.8 Å². The predicted octanol–water partition coefficient (Wildman–Crippen LogP) is 4.91. The van der Waals surface area contributed by atoms with Gasteiger partial charge in [0.25, 0.3) is 0 Å². The van der Waals surface area contributed by atoms with E-state index in [0.717, 1.165) is 68.7 Å². The van der Waals surface area contributed by atoms with Crippen LogP contribution in [0.1, 0.15) is 84.0 Å². The third-order valence-electron chi connectivity index (χ3n) is 6.77. The number of aryl methyl sites for hydroxylation is 1. The molecule has 1 spiro atoms. The van der Waals surface area contributed by atoms with Crippen LogP contribution in [0.5, 0.6) is 0 Å². The van der Waals surface area contributed by atoms with Gasteiger partial charge in [0.05, 0.1) is 17.3 Å². The van der Waals surface area contributed by atoms with E-state index in [-0.39, 0.29) is 11.5 Å². The second kappa shape index (κ2) is 7.50. The Balaban J connectivity index is 1.50. The van der Waals surface area contributed by atoms with E-state index in [1.54, 1.807) is 0 Å². The van der Waals surface area contributed by atoms with Gasteiger partial charge in [-0.2, -0.15) is 5.10 Å². The zero-order valence-electron chi connectivity index (χ0n) is 19.0. The molecule has 1 aromatic rings. The molecule has 0 aromatic carbocycles. The molecule has 0 bridgehead atoms. The van der Waals surface area contributed by atoms with E-state index in [0.29, 0.717) is 17.7 Å². The lowest BCUT2D eigenvalue weighted by molar-refractivity contribution is 0.0187. The minimum Gasteiger partial charge on any atom is -0.444 e. The molecular weight excluding hydrogens is 378 g/mol. The summed E-state index contributed by atoms with van der Waals surface area (Å²) >= 11 is 0. The van der Waals surface area contributed by atoms with Gasteiger partial charge in [-0.25, -0.2) is 14.5 Å². The standard InChI is InChI=1S/C23H35N5O2/c1-6-15-10-17(24)19-18(7-2)26-28(20(19)25-13-15)16-11-23(12-16)8-9-27(14-23)21(29)30-22(3,4)5/h13,15-16,24H,6-12,14H2,1-5H3. The van der Waals surface area contributed by atoms with Crippen molar-refractivity contribution in [3.63, 3.8) is 0 Å². The van der Waals surface area contributed by atoms with Crippen LogP contribution in [0.3, 0.4) is 0 Å². The van der Waals surface area contributed by atoms with Gasteiger partial charge in [0.1, 0.15) is 5.60 Å². The van der Waals surface area contributed by atoms with E-state index in [1.807, 2.05) is 31.9 Å². The van der Waals surface area contributed by atoms with Crippen LogP contribution in [0.4, 0.5) is 10.6 Å². The Hall–Kier alpha value is -2.18. The number of likely N-dealkylation sites (tertiary alicyclic amines) is 1. The molecule has 1 aliphatic carbocycles. The summed E-state index contributed by atoms with van der Waals surface area (Å²) in [4.78, 5) is 19.1. The topological polar surface area (TPSA) is 83.6 Å². The lowest BCUT2D eigenvalue weighted by Gasteiger charge is -2.45. The van der Waals surface area contributed by atoms with Gasteiger partial charge in [0.2, 0.25) is 0 Å². The van der Waals surface area contributed by atoms with Crippen LogP contribution in [-0.4, -0.2) is 51.4 Å². The minimum absolute atomic E-state index is 0.167. The molecule has 3 aliphatic rings. The SMILES string of the molecule is CCc1nn(C2CC3(CCN(C(=O)OC(C)(C)C)C3)C2)c2c1C(=N)CC(CC)C=N2. The van der Waals surface area contributed by atoms with Crippen LogP contribution in [0.2, 0.25) is 0 Å². The number of nitrogens with one attached hydrogen (secondary N) is 1. The molecule has 1 atom stereocenters. The number of rotatable bonds is 3. The summed E-state index contributed by atoms with van der Waals surface area (Å²) in [7, 11) is 0. The lowest BCUT2D eigenvalue weighted by atomic mass is 9.65. The van der Waals surface area contributed by atoms with Gasteiger partial charge in [-0.15, -0.1) is 0 Å². The Kier molecular flexibility index (Phi) is 5.27. The summed E-state index contributed by atoms with van der Waals surface area (Å²) < 4.78 is 7.64. The average Bonchev–Trinajstić information content (AvgIpc) is 3.20. The molecule has 1 saturated heterocycles. The fraction of sp³-hybridized carbons (Fsp3) is 0.739. The molecule has 2 fully saturated rings. The predicted molar refractivity (Wildman–Crippen MR) is 118 cm³/mol. The van der Waals surface area contributed by atoms with Crippen LogP contribution in [0, 0.1) is 16.7 Å². The smallest absolute Gasteiger partial charge is 0.410 e. The van der Waals surface area contributed by atoms with Crippen molar-refractivity contribution in [2.24, 2.45) is 16.3 Å². The van der Waals surface area contributed by atoms with E-state index < -0.39 is 5.60 Å². The molecule has 30 heavy (non-hydrogen) atoms. The highest BCUT2D eigenvalue weighted by molar-refractivity contribution is 6.05. The van der Waals surface area contributed by atoms with E-state index >= 15 is 0 Å². The molecule has 3 heterocycles. The van der Waals surface area contributed by atoms with Crippen LogP contribution in [-0.2, 0) is 11.2 Å². The maximum Gasteiger partial charge on any atom is 0.410 e. The normalized spacial score (nSPS) is 28.4.